The molecule has 2 heterocycles. The Labute approximate surface area is 170 Å². The Bertz CT molecular complexity index is 1120. The average molecular weight is 418 g/mol. The van der Waals surface area contributed by atoms with Gasteiger partial charge in [0.15, 0.2) is 5.16 Å². The number of allylic oxidation sites excluding steroid dienone is 1. The number of hydrogen-bond acceptors (Lipinski definition) is 5. The molecule has 8 heteroatoms. The van der Waals surface area contributed by atoms with Crippen molar-refractivity contribution in [1.29, 1.82) is 0 Å². The van der Waals surface area contributed by atoms with Crippen molar-refractivity contribution < 1.29 is 9.18 Å². The molecule has 5 nitrogen and oxygen atoms in total. The van der Waals surface area contributed by atoms with Gasteiger partial charge in [0.25, 0.3) is 5.56 Å². The van der Waals surface area contributed by atoms with Crippen molar-refractivity contribution in [3.63, 3.8) is 0 Å². The highest BCUT2D eigenvalue weighted by Crippen LogP contribution is 2.30. The van der Waals surface area contributed by atoms with Gasteiger partial charge < -0.3 is 5.32 Å². The summed E-state index contributed by atoms with van der Waals surface area (Å²) in [6.45, 7) is 9.56. The number of benzene rings is 1. The first-order chi connectivity index (χ1) is 13.3. The highest BCUT2D eigenvalue weighted by molar-refractivity contribution is 8.00. The number of thiophene rings is 1. The molecule has 1 N–H and O–H groups in total. The van der Waals surface area contributed by atoms with Gasteiger partial charge in [0, 0.05) is 11.4 Å². The van der Waals surface area contributed by atoms with Gasteiger partial charge >= 0.3 is 0 Å². The molecule has 1 amide bonds. The predicted octanol–water partition coefficient (Wildman–Crippen LogP) is 4.52. The molecule has 1 unspecified atom stereocenters. The van der Waals surface area contributed by atoms with Crippen LogP contribution in [0.4, 0.5) is 10.1 Å². The first kappa shape index (κ1) is 20.3. The number of aryl methyl sites for hydroxylation is 2. The van der Waals surface area contributed by atoms with Gasteiger partial charge in [0.05, 0.1) is 16.3 Å². The van der Waals surface area contributed by atoms with Gasteiger partial charge in [-0.1, -0.05) is 30.0 Å². The van der Waals surface area contributed by atoms with Gasteiger partial charge in [-0.3, -0.25) is 14.2 Å². The highest BCUT2D eigenvalue weighted by Gasteiger charge is 2.21. The summed E-state index contributed by atoms with van der Waals surface area (Å²) >= 11 is 2.62. The molecule has 0 bridgehead atoms. The molecule has 2 aromatic heterocycles. The van der Waals surface area contributed by atoms with Gasteiger partial charge in [-0.25, -0.2) is 9.37 Å². The van der Waals surface area contributed by atoms with E-state index < -0.39 is 11.1 Å². The van der Waals surface area contributed by atoms with Gasteiger partial charge in [-0.05, 0) is 38.5 Å². The summed E-state index contributed by atoms with van der Waals surface area (Å²) in [7, 11) is 0. The minimum Gasteiger partial charge on any atom is -0.323 e. The Kier molecular flexibility index (Phi) is 6.00. The average Bonchev–Trinajstić information content (AvgIpc) is 2.94. The van der Waals surface area contributed by atoms with Gasteiger partial charge in [-0.2, -0.15) is 0 Å². The van der Waals surface area contributed by atoms with E-state index in [1.807, 2.05) is 13.8 Å². The molecule has 3 aromatic rings. The van der Waals surface area contributed by atoms with E-state index in [0.717, 1.165) is 22.2 Å². The Hall–Kier alpha value is -2.45. The zero-order valence-corrected chi connectivity index (χ0v) is 17.4. The first-order valence-electron chi connectivity index (χ1n) is 8.67. The number of halogens is 1. The summed E-state index contributed by atoms with van der Waals surface area (Å²) in [4.78, 5) is 31.8. The normalized spacial score (nSPS) is 12.1. The number of anilines is 1. The second-order valence-electron chi connectivity index (χ2n) is 6.29. The standard InChI is InChI=1S/C20H20FN3O2S2/c1-5-10-24-19(26)16-11(2)12(3)27-18(16)23-20(24)28-13(4)17(25)22-15-9-7-6-8-14(15)21/h5-9,13H,1,10H2,2-4H3,(H,22,25). The fourth-order valence-electron chi connectivity index (χ4n) is 2.70. The maximum atomic E-state index is 13.8. The van der Waals surface area contributed by atoms with Crippen LogP contribution in [-0.4, -0.2) is 20.7 Å². The lowest BCUT2D eigenvalue weighted by Crippen LogP contribution is -2.27. The van der Waals surface area contributed by atoms with Crippen LogP contribution in [0.1, 0.15) is 17.4 Å². The maximum Gasteiger partial charge on any atom is 0.263 e. The van der Waals surface area contributed by atoms with Crippen molar-refractivity contribution in [2.75, 3.05) is 5.32 Å². The van der Waals surface area contributed by atoms with Crippen LogP contribution in [0.2, 0.25) is 0 Å². The number of fused-ring (bicyclic) bond motifs is 1. The third-order valence-electron chi connectivity index (χ3n) is 4.35. The summed E-state index contributed by atoms with van der Waals surface area (Å²) in [6, 6.07) is 5.99. The molecule has 0 radical (unpaired) electrons. The number of amides is 1. The minimum absolute atomic E-state index is 0.122. The molecular weight excluding hydrogens is 397 g/mol. The lowest BCUT2D eigenvalue weighted by Gasteiger charge is -2.15. The summed E-state index contributed by atoms with van der Waals surface area (Å²) in [5, 5.41) is 3.05. The van der Waals surface area contributed by atoms with E-state index in [1.165, 1.54) is 28.0 Å². The monoisotopic (exact) mass is 417 g/mol. The lowest BCUT2D eigenvalue weighted by molar-refractivity contribution is -0.115. The Balaban J connectivity index is 1.93. The lowest BCUT2D eigenvalue weighted by atomic mass is 10.2. The van der Waals surface area contributed by atoms with Crippen LogP contribution >= 0.6 is 23.1 Å². The highest BCUT2D eigenvalue weighted by atomic mass is 32.2. The number of thioether (sulfide) groups is 1. The number of nitrogens with one attached hydrogen (secondary N) is 1. The number of rotatable bonds is 6. The van der Waals surface area contributed by atoms with Crippen molar-refractivity contribution in [3.8, 4) is 0 Å². The van der Waals surface area contributed by atoms with Crippen molar-refractivity contribution in [3.05, 3.63) is 63.5 Å². The maximum absolute atomic E-state index is 13.8. The number of aromatic nitrogens is 2. The van der Waals surface area contributed by atoms with Crippen LogP contribution in [-0.2, 0) is 11.3 Å². The van der Waals surface area contributed by atoms with Crippen molar-refractivity contribution in [2.45, 2.75) is 37.7 Å². The van der Waals surface area contributed by atoms with Crippen LogP contribution in [0, 0.1) is 19.7 Å². The smallest absolute Gasteiger partial charge is 0.263 e. The van der Waals surface area contributed by atoms with Crippen molar-refractivity contribution >= 4 is 44.9 Å². The van der Waals surface area contributed by atoms with Crippen molar-refractivity contribution in [2.24, 2.45) is 0 Å². The molecule has 28 heavy (non-hydrogen) atoms. The third kappa shape index (κ3) is 3.88. The predicted molar refractivity (Wildman–Crippen MR) is 114 cm³/mol. The molecule has 1 atom stereocenters. The zero-order chi connectivity index (χ0) is 20.4. The summed E-state index contributed by atoms with van der Waals surface area (Å²) < 4.78 is 15.3. The molecule has 0 aliphatic carbocycles. The molecule has 0 spiro atoms. The second-order valence-corrected chi connectivity index (χ2v) is 8.80. The van der Waals surface area contributed by atoms with E-state index in [2.05, 4.69) is 16.9 Å². The van der Waals surface area contributed by atoms with Crippen molar-refractivity contribution in [1.82, 2.24) is 9.55 Å². The van der Waals surface area contributed by atoms with Crippen LogP contribution in [0.15, 0.2) is 46.9 Å². The fourth-order valence-corrected chi connectivity index (χ4v) is 4.69. The molecule has 0 fully saturated rings. The van der Waals surface area contributed by atoms with E-state index >= 15 is 0 Å². The minimum atomic E-state index is -0.581. The first-order valence-corrected chi connectivity index (χ1v) is 10.4. The molecular formula is C20H20FN3O2S2. The molecule has 0 saturated carbocycles. The van der Waals surface area contributed by atoms with Gasteiger partial charge in [0.2, 0.25) is 5.91 Å². The molecule has 146 valence electrons. The van der Waals surface area contributed by atoms with E-state index in [9.17, 15) is 14.0 Å². The van der Waals surface area contributed by atoms with Crippen LogP contribution in [0.3, 0.4) is 0 Å². The molecule has 0 aliphatic rings. The third-order valence-corrected chi connectivity index (χ3v) is 6.54. The van der Waals surface area contributed by atoms with Crippen LogP contribution in [0.5, 0.6) is 0 Å². The second kappa shape index (κ2) is 8.28. The quantitative estimate of drug-likeness (QED) is 0.364. The Morgan fingerprint density at radius 1 is 1.43 bits per heavy atom. The van der Waals surface area contributed by atoms with Gasteiger partial charge in [0.1, 0.15) is 10.6 Å². The Morgan fingerprint density at radius 3 is 2.82 bits per heavy atom. The van der Waals surface area contributed by atoms with E-state index in [-0.39, 0.29) is 17.2 Å². The Morgan fingerprint density at radius 2 is 2.14 bits per heavy atom. The van der Waals surface area contributed by atoms with Crippen LogP contribution in [0.25, 0.3) is 10.2 Å². The number of para-hydroxylation sites is 1. The summed E-state index contributed by atoms with van der Waals surface area (Å²) in [6.07, 6.45) is 1.62. The fraction of sp³-hybridized carbons (Fsp3) is 0.250. The van der Waals surface area contributed by atoms with Crippen LogP contribution < -0.4 is 10.9 Å². The molecule has 0 saturated heterocycles. The number of carbonyl (C=O) groups excluding carboxylic acids is 1. The van der Waals surface area contributed by atoms with E-state index in [4.69, 9.17) is 0 Å². The molecule has 3 rings (SSSR count). The summed E-state index contributed by atoms with van der Waals surface area (Å²) in [5.41, 5.74) is 0.907. The van der Waals surface area contributed by atoms with E-state index in [1.54, 1.807) is 25.1 Å². The summed E-state index contributed by atoms with van der Waals surface area (Å²) in [5.74, 6) is -0.867. The number of carbonyl (C=O) groups is 1. The topological polar surface area (TPSA) is 64.0 Å². The SMILES string of the molecule is C=CCn1c(SC(C)C(=O)Nc2ccccc2F)nc2sc(C)c(C)c2c1=O. The zero-order valence-electron chi connectivity index (χ0n) is 15.8. The van der Waals surface area contributed by atoms with E-state index in [0.29, 0.717) is 21.9 Å². The largest absolute Gasteiger partial charge is 0.323 e. The molecule has 1 aromatic carbocycles. The number of hydrogen-bond donors (Lipinski definition) is 1. The van der Waals surface area contributed by atoms with Gasteiger partial charge in [-0.15, -0.1) is 17.9 Å². The number of nitrogens with zero attached hydrogens (tertiary/aromatic N) is 2. The molecule has 0 aliphatic heterocycles.